The van der Waals surface area contributed by atoms with E-state index in [2.05, 4.69) is 19.6 Å². The summed E-state index contributed by atoms with van der Waals surface area (Å²) in [7, 11) is 0. The lowest BCUT2D eigenvalue weighted by molar-refractivity contribution is 0.541. The van der Waals surface area contributed by atoms with Gasteiger partial charge in [0.2, 0.25) is 0 Å². The Kier molecular flexibility index (Phi) is 3.15. The molecule has 0 spiro atoms. The molecule has 0 aromatic rings. The Morgan fingerprint density at radius 3 is 3.00 bits per heavy atom. The number of allylic oxidation sites excluding steroid dienone is 4. The molecule has 1 aliphatic rings. The maximum atomic E-state index is 5.27. The Morgan fingerprint density at radius 1 is 1.58 bits per heavy atom. The average molecular weight is 163 g/mol. The van der Waals surface area contributed by atoms with E-state index in [1.165, 1.54) is 24.0 Å². The third kappa shape index (κ3) is 2.00. The predicted molar refractivity (Wildman–Crippen MR) is 53.6 cm³/mol. The Balaban J connectivity index is 2.70. The molecular formula is C11H17N. The minimum Gasteiger partial charge on any atom is -0.405 e. The van der Waals surface area contributed by atoms with Gasteiger partial charge in [-0.15, -0.1) is 0 Å². The van der Waals surface area contributed by atoms with Crippen LogP contribution in [0.25, 0.3) is 0 Å². The summed E-state index contributed by atoms with van der Waals surface area (Å²) in [5.74, 6) is 0.649. The number of hydrogen-bond donors (Lipinski definition) is 1. The van der Waals surface area contributed by atoms with Crippen LogP contribution >= 0.6 is 0 Å². The molecule has 1 rings (SSSR count). The first-order chi connectivity index (χ1) is 5.75. The molecular weight excluding hydrogens is 146 g/mol. The summed E-state index contributed by atoms with van der Waals surface area (Å²) in [6, 6.07) is 0. The van der Waals surface area contributed by atoms with Crippen LogP contribution in [0.5, 0.6) is 0 Å². The molecule has 1 atom stereocenters. The highest BCUT2D eigenvalue weighted by Gasteiger charge is 2.15. The molecule has 0 heterocycles. The summed E-state index contributed by atoms with van der Waals surface area (Å²) in [6.07, 6.45) is 9.26. The Bertz CT molecular complexity index is 223. The molecule has 1 unspecified atom stereocenters. The van der Waals surface area contributed by atoms with Gasteiger partial charge in [0, 0.05) is 0 Å². The standard InChI is InChI=1S/C11H17N/c1-9-5-3-6-11(10(9)2)7-4-8-12/h4,7-9H,2-3,5-6,12H2,1H3/b8-4-,11-7-. The van der Waals surface area contributed by atoms with Gasteiger partial charge in [0.15, 0.2) is 0 Å². The van der Waals surface area contributed by atoms with Crippen molar-refractivity contribution >= 4 is 0 Å². The smallest absolute Gasteiger partial charge is 0.00623 e. The molecule has 0 aromatic carbocycles. The van der Waals surface area contributed by atoms with Crippen molar-refractivity contribution in [2.45, 2.75) is 26.2 Å². The van der Waals surface area contributed by atoms with E-state index in [1.54, 1.807) is 6.20 Å². The van der Waals surface area contributed by atoms with Gasteiger partial charge in [-0.25, -0.2) is 0 Å². The van der Waals surface area contributed by atoms with Gasteiger partial charge in [-0.05, 0) is 48.6 Å². The molecule has 12 heavy (non-hydrogen) atoms. The zero-order valence-electron chi connectivity index (χ0n) is 7.72. The van der Waals surface area contributed by atoms with E-state index in [-0.39, 0.29) is 0 Å². The number of hydrogen-bond acceptors (Lipinski definition) is 1. The molecule has 0 amide bonds. The lowest BCUT2D eigenvalue weighted by atomic mass is 9.82. The second-order valence-electron chi connectivity index (χ2n) is 3.40. The van der Waals surface area contributed by atoms with Gasteiger partial charge < -0.3 is 5.73 Å². The molecule has 0 radical (unpaired) electrons. The van der Waals surface area contributed by atoms with Crippen molar-refractivity contribution in [3.8, 4) is 0 Å². The van der Waals surface area contributed by atoms with Gasteiger partial charge in [0.25, 0.3) is 0 Å². The molecule has 0 bridgehead atoms. The third-order valence-corrected chi connectivity index (χ3v) is 2.50. The second-order valence-corrected chi connectivity index (χ2v) is 3.40. The van der Waals surface area contributed by atoms with E-state index in [0.29, 0.717) is 5.92 Å². The average Bonchev–Trinajstić information content (AvgIpc) is 2.08. The Morgan fingerprint density at radius 2 is 2.33 bits per heavy atom. The quantitative estimate of drug-likeness (QED) is 0.632. The normalized spacial score (nSPS) is 28.6. The highest BCUT2D eigenvalue weighted by Crippen LogP contribution is 2.31. The van der Waals surface area contributed by atoms with E-state index < -0.39 is 0 Å². The molecule has 0 aromatic heterocycles. The lowest BCUT2D eigenvalue weighted by Gasteiger charge is -2.23. The topological polar surface area (TPSA) is 26.0 Å². The molecule has 0 saturated heterocycles. The van der Waals surface area contributed by atoms with E-state index in [1.807, 2.05) is 6.08 Å². The summed E-state index contributed by atoms with van der Waals surface area (Å²) in [4.78, 5) is 0. The molecule has 2 N–H and O–H groups in total. The van der Waals surface area contributed by atoms with Crippen molar-refractivity contribution in [3.63, 3.8) is 0 Å². The molecule has 1 aliphatic carbocycles. The molecule has 1 heteroatoms. The highest BCUT2D eigenvalue weighted by molar-refractivity contribution is 5.34. The number of rotatable bonds is 1. The van der Waals surface area contributed by atoms with E-state index in [4.69, 9.17) is 5.73 Å². The van der Waals surface area contributed by atoms with Crippen molar-refractivity contribution in [2.75, 3.05) is 0 Å². The highest BCUT2D eigenvalue weighted by atomic mass is 14.5. The molecule has 1 saturated carbocycles. The zero-order valence-corrected chi connectivity index (χ0v) is 7.72. The van der Waals surface area contributed by atoms with E-state index in [0.717, 1.165) is 6.42 Å². The van der Waals surface area contributed by atoms with Crippen molar-refractivity contribution < 1.29 is 0 Å². The predicted octanol–water partition coefficient (Wildman–Crippen LogP) is 2.76. The van der Waals surface area contributed by atoms with Crippen molar-refractivity contribution in [2.24, 2.45) is 11.7 Å². The summed E-state index contributed by atoms with van der Waals surface area (Å²) in [6.45, 7) is 6.32. The third-order valence-electron chi connectivity index (χ3n) is 2.50. The Labute approximate surface area is 74.7 Å². The summed E-state index contributed by atoms with van der Waals surface area (Å²) in [5.41, 5.74) is 7.93. The second kappa shape index (κ2) is 4.15. The van der Waals surface area contributed by atoms with Gasteiger partial charge in [-0.3, -0.25) is 0 Å². The summed E-state index contributed by atoms with van der Waals surface area (Å²) < 4.78 is 0. The van der Waals surface area contributed by atoms with Crippen LogP contribution in [-0.2, 0) is 0 Å². The lowest BCUT2D eigenvalue weighted by Crippen LogP contribution is -2.07. The van der Waals surface area contributed by atoms with E-state index in [9.17, 15) is 0 Å². The van der Waals surface area contributed by atoms with Crippen LogP contribution in [0.15, 0.2) is 36.1 Å². The summed E-state index contributed by atoms with van der Waals surface area (Å²) >= 11 is 0. The van der Waals surface area contributed by atoms with Crippen LogP contribution in [0, 0.1) is 5.92 Å². The van der Waals surface area contributed by atoms with Gasteiger partial charge in [0.1, 0.15) is 0 Å². The van der Waals surface area contributed by atoms with Gasteiger partial charge in [-0.2, -0.15) is 0 Å². The van der Waals surface area contributed by atoms with Gasteiger partial charge in [-0.1, -0.05) is 19.6 Å². The van der Waals surface area contributed by atoms with Crippen molar-refractivity contribution in [1.82, 2.24) is 0 Å². The summed E-state index contributed by atoms with van der Waals surface area (Å²) in [5, 5.41) is 0. The van der Waals surface area contributed by atoms with Gasteiger partial charge >= 0.3 is 0 Å². The van der Waals surface area contributed by atoms with Crippen LogP contribution in [0.3, 0.4) is 0 Å². The van der Waals surface area contributed by atoms with Crippen LogP contribution in [0.4, 0.5) is 0 Å². The molecule has 1 nitrogen and oxygen atoms in total. The first-order valence-corrected chi connectivity index (χ1v) is 4.52. The SMILES string of the molecule is C=C1/C(=C\C=C/N)CCCC1C. The van der Waals surface area contributed by atoms with E-state index >= 15 is 0 Å². The van der Waals surface area contributed by atoms with Crippen LogP contribution in [0.1, 0.15) is 26.2 Å². The Hall–Kier alpha value is -0.980. The fourth-order valence-electron chi connectivity index (χ4n) is 1.61. The fourth-order valence-corrected chi connectivity index (χ4v) is 1.61. The first kappa shape index (κ1) is 9.11. The minimum absolute atomic E-state index is 0.649. The molecule has 0 aliphatic heterocycles. The monoisotopic (exact) mass is 163 g/mol. The largest absolute Gasteiger partial charge is 0.405 e. The molecule has 1 fully saturated rings. The first-order valence-electron chi connectivity index (χ1n) is 4.52. The maximum absolute atomic E-state index is 5.27. The maximum Gasteiger partial charge on any atom is -0.00623 e. The van der Waals surface area contributed by atoms with Crippen LogP contribution in [0.2, 0.25) is 0 Å². The van der Waals surface area contributed by atoms with Gasteiger partial charge in [0.05, 0.1) is 0 Å². The fraction of sp³-hybridized carbons (Fsp3) is 0.455. The molecule has 66 valence electrons. The van der Waals surface area contributed by atoms with Crippen LogP contribution < -0.4 is 5.73 Å². The minimum atomic E-state index is 0.649. The van der Waals surface area contributed by atoms with Crippen LogP contribution in [-0.4, -0.2) is 0 Å². The van der Waals surface area contributed by atoms with Crippen molar-refractivity contribution in [1.29, 1.82) is 0 Å². The van der Waals surface area contributed by atoms with Crippen molar-refractivity contribution in [3.05, 3.63) is 36.1 Å². The zero-order chi connectivity index (χ0) is 8.97. The number of nitrogens with two attached hydrogens (primary N) is 1.